The molecule has 1 fully saturated rings. The number of amides is 1. The minimum atomic E-state index is -0.0364. The Labute approximate surface area is 128 Å². The van der Waals surface area contributed by atoms with Gasteiger partial charge in [-0.15, -0.1) is 0 Å². The molecule has 3 N–H and O–H groups in total. The predicted octanol–water partition coefficient (Wildman–Crippen LogP) is 3.20. The van der Waals surface area contributed by atoms with Crippen LogP contribution in [0.1, 0.15) is 57.4 Å². The second-order valence-electron chi connectivity index (χ2n) is 6.64. The van der Waals surface area contributed by atoms with Crippen molar-refractivity contribution in [3.8, 4) is 0 Å². The maximum absolute atomic E-state index is 12.0. The van der Waals surface area contributed by atoms with E-state index in [9.17, 15) is 4.79 Å². The van der Waals surface area contributed by atoms with Gasteiger partial charge in [0.05, 0.1) is 0 Å². The molecule has 1 aromatic carbocycles. The van der Waals surface area contributed by atoms with Crippen molar-refractivity contribution in [1.29, 1.82) is 0 Å². The number of rotatable bonds is 5. The van der Waals surface area contributed by atoms with Crippen molar-refractivity contribution in [2.75, 3.05) is 0 Å². The summed E-state index contributed by atoms with van der Waals surface area (Å²) in [4.78, 5) is 12.0. The minimum absolute atomic E-state index is 0.0364. The molecule has 1 saturated carbocycles. The number of hydrogen-bond acceptors (Lipinski definition) is 2. The van der Waals surface area contributed by atoms with Crippen molar-refractivity contribution in [2.24, 2.45) is 11.7 Å². The maximum Gasteiger partial charge on any atom is 0.221 e. The fraction of sp³-hybridized carbons (Fsp3) is 0.611. The summed E-state index contributed by atoms with van der Waals surface area (Å²) in [6.45, 7) is 4.12. The molecular formula is C18H28N2O. The van der Waals surface area contributed by atoms with Crippen LogP contribution in [-0.4, -0.2) is 18.0 Å². The van der Waals surface area contributed by atoms with E-state index in [1.54, 1.807) is 0 Å². The monoisotopic (exact) mass is 288 g/mol. The number of hydrogen-bond donors (Lipinski definition) is 2. The highest BCUT2D eigenvalue weighted by Gasteiger charge is 2.24. The van der Waals surface area contributed by atoms with Crippen LogP contribution in [0, 0.1) is 5.92 Å². The normalized spacial score (nSPS) is 23.8. The zero-order valence-electron chi connectivity index (χ0n) is 13.2. The van der Waals surface area contributed by atoms with Crippen LogP contribution in [0.15, 0.2) is 30.3 Å². The first kappa shape index (κ1) is 16.0. The molecule has 1 aliphatic carbocycles. The molecule has 0 heterocycles. The Bertz CT molecular complexity index is 436. The smallest absolute Gasteiger partial charge is 0.221 e. The van der Waals surface area contributed by atoms with E-state index < -0.39 is 0 Å². The van der Waals surface area contributed by atoms with Gasteiger partial charge in [0, 0.05) is 18.5 Å². The molecule has 0 saturated heterocycles. The molecule has 21 heavy (non-hydrogen) atoms. The van der Waals surface area contributed by atoms with Gasteiger partial charge in [-0.2, -0.15) is 0 Å². The van der Waals surface area contributed by atoms with Crippen LogP contribution in [0.4, 0.5) is 0 Å². The number of nitrogens with one attached hydrogen (secondary N) is 1. The summed E-state index contributed by atoms with van der Waals surface area (Å²) in [5.74, 6) is 1.11. The lowest BCUT2D eigenvalue weighted by atomic mass is 9.81. The van der Waals surface area contributed by atoms with Crippen molar-refractivity contribution in [3.63, 3.8) is 0 Å². The number of carbonyl (C=O) groups is 1. The molecule has 1 atom stereocenters. The number of benzene rings is 1. The summed E-state index contributed by atoms with van der Waals surface area (Å²) >= 11 is 0. The van der Waals surface area contributed by atoms with Gasteiger partial charge in [0.25, 0.3) is 0 Å². The van der Waals surface area contributed by atoms with Crippen LogP contribution < -0.4 is 11.1 Å². The van der Waals surface area contributed by atoms with Crippen LogP contribution >= 0.6 is 0 Å². The minimum Gasteiger partial charge on any atom is -0.353 e. The first-order valence-corrected chi connectivity index (χ1v) is 8.16. The molecule has 2 rings (SSSR count). The third kappa shape index (κ3) is 4.85. The highest BCUT2D eigenvalue weighted by molar-refractivity contribution is 5.76. The third-order valence-corrected chi connectivity index (χ3v) is 4.64. The van der Waals surface area contributed by atoms with E-state index in [0.29, 0.717) is 24.3 Å². The number of nitrogens with two attached hydrogens (primary N) is 1. The highest BCUT2D eigenvalue weighted by atomic mass is 16.1. The van der Waals surface area contributed by atoms with E-state index in [0.717, 1.165) is 25.7 Å². The zero-order valence-corrected chi connectivity index (χ0v) is 13.2. The van der Waals surface area contributed by atoms with Gasteiger partial charge in [-0.1, -0.05) is 44.2 Å². The Balaban J connectivity index is 1.75. The van der Waals surface area contributed by atoms with Gasteiger partial charge in [0.15, 0.2) is 0 Å². The molecule has 1 unspecified atom stereocenters. The molecule has 0 spiro atoms. The summed E-state index contributed by atoms with van der Waals surface area (Å²) in [5.41, 5.74) is 7.39. The molecule has 1 aliphatic rings. The van der Waals surface area contributed by atoms with Crippen LogP contribution in [0.3, 0.4) is 0 Å². The molecule has 3 nitrogen and oxygen atoms in total. The second kappa shape index (κ2) is 7.60. The molecule has 0 radical (unpaired) electrons. The van der Waals surface area contributed by atoms with Gasteiger partial charge in [-0.25, -0.2) is 0 Å². The fourth-order valence-corrected chi connectivity index (χ4v) is 3.03. The molecular weight excluding hydrogens is 260 g/mol. The molecule has 3 heteroatoms. The molecule has 1 aromatic rings. The van der Waals surface area contributed by atoms with Crippen LogP contribution in [0.5, 0.6) is 0 Å². The Morgan fingerprint density at radius 1 is 1.19 bits per heavy atom. The van der Waals surface area contributed by atoms with E-state index >= 15 is 0 Å². The van der Waals surface area contributed by atoms with Crippen molar-refractivity contribution in [1.82, 2.24) is 5.32 Å². The zero-order chi connectivity index (χ0) is 15.2. The van der Waals surface area contributed by atoms with Gasteiger partial charge in [-0.3, -0.25) is 4.79 Å². The third-order valence-electron chi connectivity index (χ3n) is 4.64. The van der Waals surface area contributed by atoms with Crippen molar-refractivity contribution < 1.29 is 4.79 Å². The SMILES string of the molecule is CC(C)C(N)CC(=O)NC1CCC(c2ccccc2)CC1. The average molecular weight is 288 g/mol. The Hall–Kier alpha value is -1.35. The van der Waals surface area contributed by atoms with Gasteiger partial charge in [0.2, 0.25) is 5.91 Å². The van der Waals surface area contributed by atoms with E-state index in [1.165, 1.54) is 5.56 Å². The van der Waals surface area contributed by atoms with E-state index in [4.69, 9.17) is 5.73 Å². The second-order valence-corrected chi connectivity index (χ2v) is 6.64. The van der Waals surface area contributed by atoms with Crippen molar-refractivity contribution in [3.05, 3.63) is 35.9 Å². The maximum atomic E-state index is 12.0. The lowest BCUT2D eigenvalue weighted by Crippen LogP contribution is -2.41. The van der Waals surface area contributed by atoms with Crippen LogP contribution in [0.2, 0.25) is 0 Å². The Morgan fingerprint density at radius 2 is 1.81 bits per heavy atom. The first-order valence-electron chi connectivity index (χ1n) is 8.16. The van der Waals surface area contributed by atoms with Crippen molar-refractivity contribution in [2.45, 2.75) is 64.0 Å². The highest BCUT2D eigenvalue weighted by Crippen LogP contribution is 2.32. The van der Waals surface area contributed by atoms with Crippen molar-refractivity contribution >= 4 is 5.91 Å². The summed E-state index contributed by atoms with van der Waals surface area (Å²) < 4.78 is 0. The Morgan fingerprint density at radius 3 is 2.38 bits per heavy atom. The first-order chi connectivity index (χ1) is 10.1. The van der Waals surface area contributed by atoms with E-state index in [1.807, 2.05) is 0 Å². The fourth-order valence-electron chi connectivity index (χ4n) is 3.03. The van der Waals surface area contributed by atoms with Gasteiger partial charge < -0.3 is 11.1 Å². The van der Waals surface area contributed by atoms with Gasteiger partial charge in [0.1, 0.15) is 0 Å². The van der Waals surface area contributed by atoms with E-state index in [-0.39, 0.29) is 11.9 Å². The molecule has 0 aromatic heterocycles. The lowest BCUT2D eigenvalue weighted by molar-refractivity contribution is -0.122. The molecule has 0 bridgehead atoms. The largest absolute Gasteiger partial charge is 0.353 e. The lowest BCUT2D eigenvalue weighted by Gasteiger charge is -2.30. The van der Waals surface area contributed by atoms with E-state index in [2.05, 4.69) is 49.5 Å². The summed E-state index contributed by atoms with van der Waals surface area (Å²) in [5, 5.41) is 3.16. The predicted molar refractivity (Wildman–Crippen MR) is 87.0 cm³/mol. The van der Waals surface area contributed by atoms with Crippen LogP contribution in [0.25, 0.3) is 0 Å². The average Bonchev–Trinajstić information content (AvgIpc) is 2.48. The number of carbonyl (C=O) groups excluding carboxylic acids is 1. The quantitative estimate of drug-likeness (QED) is 0.874. The van der Waals surface area contributed by atoms with Crippen LogP contribution in [-0.2, 0) is 4.79 Å². The molecule has 1 amide bonds. The van der Waals surface area contributed by atoms with Gasteiger partial charge >= 0.3 is 0 Å². The topological polar surface area (TPSA) is 55.1 Å². The summed E-state index contributed by atoms with van der Waals surface area (Å²) in [6, 6.07) is 11.0. The summed E-state index contributed by atoms with van der Waals surface area (Å²) in [7, 11) is 0. The summed E-state index contributed by atoms with van der Waals surface area (Å²) in [6.07, 6.45) is 4.90. The van der Waals surface area contributed by atoms with Gasteiger partial charge in [-0.05, 0) is 43.1 Å². The Kier molecular flexibility index (Phi) is 5.80. The molecule has 116 valence electrons. The standard InChI is InChI=1S/C18H28N2O/c1-13(2)17(19)12-18(21)20-16-10-8-15(9-11-16)14-6-4-3-5-7-14/h3-7,13,15-17H,8-12,19H2,1-2H3,(H,20,21). The molecule has 0 aliphatic heterocycles.